The number of halogens is 1. The molecule has 0 spiro atoms. The molecule has 2 aromatic rings. The molecular weight excluding hydrogens is 328 g/mol. The zero-order valence-corrected chi connectivity index (χ0v) is 12.3. The Hall–Kier alpha value is -1.66. The van der Waals surface area contributed by atoms with Crippen LogP contribution in [0.3, 0.4) is 0 Å². The van der Waals surface area contributed by atoms with Crippen molar-refractivity contribution in [3.8, 4) is 0 Å². The average Bonchev–Trinajstić information content (AvgIpc) is 2.82. The predicted octanol–water partition coefficient (Wildman–Crippen LogP) is 2.54. The van der Waals surface area contributed by atoms with E-state index in [1.807, 2.05) is 17.5 Å². The van der Waals surface area contributed by atoms with E-state index in [-0.39, 0.29) is 5.91 Å². The molecule has 4 nitrogen and oxygen atoms in total. The summed E-state index contributed by atoms with van der Waals surface area (Å²) in [5.41, 5.74) is 6.47. The van der Waals surface area contributed by atoms with E-state index in [1.54, 1.807) is 18.2 Å². The minimum atomic E-state index is -0.478. The monoisotopic (exact) mass is 338 g/mol. The number of carbonyl (C=O) groups excluding carboxylic acids is 2. The summed E-state index contributed by atoms with van der Waals surface area (Å²) in [4.78, 5) is 23.6. The highest BCUT2D eigenvalue weighted by Gasteiger charge is 2.11. The Balaban J connectivity index is 2.03. The summed E-state index contributed by atoms with van der Waals surface area (Å²) in [6.07, 6.45) is 0. The quantitative estimate of drug-likeness (QED) is 0.899. The molecule has 6 heteroatoms. The van der Waals surface area contributed by atoms with E-state index in [0.29, 0.717) is 17.0 Å². The van der Waals surface area contributed by atoms with Gasteiger partial charge in [0.2, 0.25) is 5.91 Å². The van der Waals surface area contributed by atoms with Crippen LogP contribution in [0.5, 0.6) is 0 Å². The van der Waals surface area contributed by atoms with Crippen molar-refractivity contribution in [2.24, 2.45) is 5.73 Å². The maximum absolute atomic E-state index is 11.9. The van der Waals surface area contributed by atoms with Crippen molar-refractivity contribution in [1.29, 1.82) is 0 Å². The summed E-state index contributed by atoms with van der Waals surface area (Å²) < 4.78 is 0.779. The molecule has 1 heterocycles. The van der Waals surface area contributed by atoms with Crippen molar-refractivity contribution < 1.29 is 9.59 Å². The number of nitrogens with two attached hydrogens (primary N) is 1. The summed E-state index contributed by atoms with van der Waals surface area (Å²) in [6, 6.07) is 8.71. The van der Waals surface area contributed by atoms with E-state index >= 15 is 0 Å². The number of carbonyl (C=O) groups is 2. The highest BCUT2D eigenvalue weighted by atomic mass is 79.9. The van der Waals surface area contributed by atoms with Crippen molar-refractivity contribution >= 4 is 39.1 Å². The Morgan fingerprint density at radius 3 is 2.74 bits per heavy atom. The zero-order chi connectivity index (χ0) is 13.8. The van der Waals surface area contributed by atoms with E-state index in [2.05, 4.69) is 21.2 Å². The molecular formula is C13H11BrN2O2S. The van der Waals surface area contributed by atoms with Gasteiger partial charge in [0, 0.05) is 16.6 Å². The van der Waals surface area contributed by atoms with Gasteiger partial charge in [0.25, 0.3) is 5.91 Å². The Bertz CT molecular complexity index is 625. The third-order valence-corrected chi connectivity index (χ3v) is 4.32. The number of hydrogen-bond acceptors (Lipinski definition) is 3. The third-order valence-electron chi connectivity index (χ3n) is 2.49. The fourth-order valence-corrected chi connectivity index (χ4v) is 3.02. The second-order valence-corrected chi connectivity index (χ2v) is 5.62. The minimum Gasteiger partial charge on any atom is -0.366 e. The first-order valence-corrected chi connectivity index (χ1v) is 7.15. The second kappa shape index (κ2) is 5.99. The number of rotatable bonds is 4. The van der Waals surface area contributed by atoms with Crippen molar-refractivity contribution in [2.45, 2.75) is 6.54 Å². The van der Waals surface area contributed by atoms with Gasteiger partial charge in [-0.2, -0.15) is 0 Å². The zero-order valence-electron chi connectivity index (χ0n) is 9.85. The summed E-state index contributed by atoms with van der Waals surface area (Å²) >= 11 is 4.68. The van der Waals surface area contributed by atoms with E-state index in [4.69, 9.17) is 5.73 Å². The molecule has 0 atom stereocenters. The van der Waals surface area contributed by atoms with Gasteiger partial charge in [0.15, 0.2) is 0 Å². The molecule has 0 fully saturated rings. The molecule has 0 saturated carbocycles. The fraction of sp³-hybridized carbons (Fsp3) is 0.0769. The molecule has 0 bridgehead atoms. The SMILES string of the molecule is NC(=O)c1cccc(CNC(=O)c2sccc2Br)c1. The summed E-state index contributed by atoms with van der Waals surface area (Å²) in [5, 5.41) is 4.64. The lowest BCUT2D eigenvalue weighted by molar-refractivity contribution is 0.0953. The minimum absolute atomic E-state index is 0.147. The Morgan fingerprint density at radius 2 is 2.11 bits per heavy atom. The topological polar surface area (TPSA) is 72.2 Å². The molecule has 1 aromatic carbocycles. The van der Waals surface area contributed by atoms with Crippen LogP contribution in [0.25, 0.3) is 0 Å². The lowest BCUT2D eigenvalue weighted by Crippen LogP contribution is -2.22. The van der Waals surface area contributed by atoms with Crippen LogP contribution >= 0.6 is 27.3 Å². The van der Waals surface area contributed by atoms with E-state index in [9.17, 15) is 9.59 Å². The number of hydrogen-bond donors (Lipinski definition) is 2. The molecule has 0 unspecified atom stereocenters. The normalized spacial score (nSPS) is 10.2. The standard InChI is InChI=1S/C13H11BrN2O2S/c14-10-4-5-19-11(10)13(18)16-7-8-2-1-3-9(6-8)12(15)17/h1-6H,7H2,(H2,15,17)(H,16,18). The van der Waals surface area contributed by atoms with Gasteiger partial charge in [-0.25, -0.2) is 0 Å². The maximum Gasteiger partial charge on any atom is 0.262 e. The van der Waals surface area contributed by atoms with Gasteiger partial charge in [-0.1, -0.05) is 12.1 Å². The number of benzene rings is 1. The molecule has 1 aromatic heterocycles. The van der Waals surface area contributed by atoms with Crippen molar-refractivity contribution in [3.63, 3.8) is 0 Å². The molecule has 2 rings (SSSR count). The van der Waals surface area contributed by atoms with Crippen LogP contribution < -0.4 is 11.1 Å². The van der Waals surface area contributed by atoms with Crippen LogP contribution in [0.15, 0.2) is 40.2 Å². The van der Waals surface area contributed by atoms with Crippen LogP contribution in [0, 0.1) is 0 Å². The Morgan fingerprint density at radius 1 is 1.32 bits per heavy atom. The highest BCUT2D eigenvalue weighted by molar-refractivity contribution is 9.10. The number of primary amides is 1. The molecule has 19 heavy (non-hydrogen) atoms. The lowest BCUT2D eigenvalue weighted by atomic mass is 10.1. The summed E-state index contributed by atoms with van der Waals surface area (Å²) in [6.45, 7) is 0.351. The van der Waals surface area contributed by atoms with Gasteiger partial charge in [-0.05, 0) is 45.1 Å². The summed E-state index contributed by atoms with van der Waals surface area (Å²) in [5.74, 6) is -0.625. The van der Waals surface area contributed by atoms with Crippen molar-refractivity contribution in [1.82, 2.24) is 5.32 Å². The molecule has 3 N–H and O–H groups in total. The van der Waals surface area contributed by atoms with Crippen LogP contribution in [0.2, 0.25) is 0 Å². The van der Waals surface area contributed by atoms with Crippen LogP contribution in [0.1, 0.15) is 25.6 Å². The molecule has 2 amide bonds. The van der Waals surface area contributed by atoms with Crippen LogP contribution in [0.4, 0.5) is 0 Å². The third kappa shape index (κ3) is 3.42. The smallest absolute Gasteiger partial charge is 0.262 e. The van der Waals surface area contributed by atoms with Gasteiger partial charge < -0.3 is 11.1 Å². The van der Waals surface area contributed by atoms with Gasteiger partial charge >= 0.3 is 0 Å². The molecule has 0 aliphatic carbocycles. The first-order valence-electron chi connectivity index (χ1n) is 5.48. The second-order valence-electron chi connectivity index (χ2n) is 3.84. The largest absolute Gasteiger partial charge is 0.366 e. The molecule has 0 aliphatic heterocycles. The van der Waals surface area contributed by atoms with Crippen molar-refractivity contribution in [2.75, 3.05) is 0 Å². The number of thiophene rings is 1. The molecule has 0 saturated heterocycles. The molecule has 0 aliphatic rings. The van der Waals surface area contributed by atoms with E-state index < -0.39 is 5.91 Å². The van der Waals surface area contributed by atoms with Gasteiger partial charge in [-0.15, -0.1) is 11.3 Å². The van der Waals surface area contributed by atoms with Gasteiger partial charge in [0.05, 0.1) is 0 Å². The predicted molar refractivity (Wildman–Crippen MR) is 78.1 cm³/mol. The highest BCUT2D eigenvalue weighted by Crippen LogP contribution is 2.22. The first kappa shape index (κ1) is 13.8. The van der Waals surface area contributed by atoms with Gasteiger partial charge in [0.1, 0.15) is 4.88 Å². The lowest BCUT2D eigenvalue weighted by Gasteiger charge is -2.05. The molecule has 0 radical (unpaired) electrons. The van der Waals surface area contributed by atoms with Gasteiger partial charge in [-0.3, -0.25) is 9.59 Å². The van der Waals surface area contributed by atoms with Crippen LogP contribution in [-0.4, -0.2) is 11.8 Å². The average molecular weight is 339 g/mol. The summed E-state index contributed by atoms with van der Waals surface area (Å²) in [7, 11) is 0. The first-order chi connectivity index (χ1) is 9.08. The Kier molecular flexibility index (Phi) is 4.34. The van der Waals surface area contributed by atoms with E-state index in [1.165, 1.54) is 11.3 Å². The van der Waals surface area contributed by atoms with E-state index in [0.717, 1.165) is 10.0 Å². The fourth-order valence-electron chi connectivity index (χ4n) is 1.55. The van der Waals surface area contributed by atoms with Crippen LogP contribution in [-0.2, 0) is 6.54 Å². The Labute approximate surface area is 122 Å². The number of nitrogens with one attached hydrogen (secondary N) is 1. The van der Waals surface area contributed by atoms with Crippen molar-refractivity contribution in [3.05, 3.63) is 56.2 Å². The molecule has 98 valence electrons. The maximum atomic E-state index is 11.9. The number of amides is 2.